The first-order valence-electron chi connectivity index (χ1n) is 7.99. The number of carbonyl (C=O) groups excluding carboxylic acids is 1. The van der Waals surface area contributed by atoms with E-state index in [1.807, 2.05) is 35.2 Å². The summed E-state index contributed by atoms with van der Waals surface area (Å²) in [7, 11) is 0. The SMILES string of the molecule is CC(C)(C)N1CCN(C(=O)c2cccc3ccccc23)CC1. The molecule has 0 unspecified atom stereocenters. The Morgan fingerprint density at radius 1 is 0.909 bits per heavy atom. The third-order valence-corrected chi connectivity index (χ3v) is 4.54. The van der Waals surface area contributed by atoms with Crippen molar-refractivity contribution in [3.05, 3.63) is 48.0 Å². The van der Waals surface area contributed by atoms with Crippen molar-refractivity contribution >= 4 is 16.7 Å². The van der Waals surface area contributed by atoms with Crippen LogP contribution in [0.4, 0.5) is 0 Å². The van der Waals surface area contributed by atoms with Crippen LogP contribution >= 0.6 is 0 Å². The van der Waals surface area contributed by atoms with Crippen molar-refractivity contribution in [2.75, 3.05) is 26.2 Å². The second kappa shape index (κ2) is 5.73. The van der Waals surface area contributed by atoms with E-state index < -0.39 is 0 Å². The molecule has 0 N–H and O–H groups in total. The van der Waals surface area contributed by atoms with Crippen LogP contribution in [0.5, 0.6) is 0 Å². The monoisotopic (exact) mass is 296 g/mol. The van der Waals surface area contributed by atoms with E-state index in [0.29, 0.717) is 0 Å². The van der Waals surface area contributed by atoms with Gasteiger partial charge in [-0.1, -0.05) is 36.4 Å². The first kappa shape index (κ1) is 15.0. The van der Waals surface area contributed by atoms with Gasteiger partial charge in [0.25, 0.3) is 5.91 Å². The molecule has 0 radical (unpaired) electrons. The number of rotatable bonds is 1. The fourth-order valence-electron chi connectivity index (χ4n) is 3.16. The average Bonchev–Trinajstić information content (AvgIpc) is 2.53. The standard InChI is InChI=1S/C19H24N2O/c1-19(2,3)21-13-11-20(12-14-21)18(22)17-10-6-8-15-7-4-5-9-16(15)17/h4-10H,11-14H2,1-3H3. The van der Waals surface area contributed by atoms with Crippen molar-refractivity contribution < 1.29 is 4.79 Å². The molecule has 1 amide bonds. The first-order valence-corrected chi connectivity index (χ1v) is 7.99. The Kier molecular flexibility index (Phi) is 3.92. The Bertz CT molecular complexity index is 674. The molecule has 0 atom stereocenters. The topological polar surface area (TPSA) is 23.6 Å². The fraction of sp³-hybridized carbons (Fsp3) is 0.421. The molecule has 0 aliphatic carbocycles. The zero-order chi connectivity index (χ0) is 15.7. The van der Waals surface area contributed by atoms with Crippen LogP contribution in [-0.2, 0) is 0 Å². The van der Waals surface area contributed by atoms with Crippen molar-refractivity contribution in [2.45, 2.75) is 26.3 Å². The number of hydrogen-bond donors (Lipinski definition) is 0. The normalized spacial score (nSPS) is 17.0. The van der Waals surface area contributed by atoms with E-state index in [4.69, 9.17) is 0 Å². The molecule has 0 spiro atoms. The number of nitrogens with zero attached hydrogens (tertiary/aromatic N) is 2. The van der Waals surface area contributed by atoms with Crippen molar-refractivity contribution in [1.82, 2.24) is 9.80 Å². The van der Waals surface area contributed by atoms with Gasteiger partial charge in [0.1, 0.15) is 0 Å². The maximum absolute atomic E-state index is 12.9. The fourth-order valence-corrected chi connectivity index (χ4v) is 3.16. The van der Waals surface area contributed by atoms with Crippen LogP contribution in [0.3, 0.4) is 0 Å². The lowest BCUT2D eigenvalue weighted by Gasteiger charge is -2.42. The number of fused-ring (bicyclic) bond motifs is 1. The summed E-state index contributed by atoms with van der Waals surface area (Å²) in [5.41, 5.74) is 0.997. The lowest BCUT2D eigenvalue weighted by molar-refractivity contribution is 0.0452. The average molecular weight is 296 g/mol. The Labute approximate surface area is 132 Å². The largest absolute Gasteiger partial charge is 0.336 e. The van der Waals surface area contributed by atoms with Crippen LogP contribution in [0.25, 0.3) is 10.8 Å². The molecule has 116 valence electrons. The van der Waals surface area contributed by atoms with E-state index in [1.165, 1.54) is 0 Å². The molecule has 1 aliphatic heterocycles. The van der Waals surface area contributed by atoms with E-state index in [0.717, 1.165) is 42.5 Å². The molecule has 1 heterocycles. The minimum atomic E-state index is 0.158. The van der Waals surface area contributed by atoms with Gasteiger partial charge in [0.05, 0.1) is 0 Å². The van der Waals surface area contributed by atoms with Crippen LogP contribution < -0.4 is 0 Å². The predicted molar refractivity (Wildman–Crippen MR) is 91.2 cm³/mol. The third-order valence-electron chi connectivity index (χ3n) is 4.54. The van der Waals surface area contributed by atoms with Gasteiger partial charge in [-0.2, -0.15) is 0 Å². The summed E-state index contributed by atoms with van der Waals surface area (Å²) in [6.07, 6.45) is 0. The van der Waals surface area contributed by atoms with Gasteiger partial charge in [-0.05, 0) is 37.6 Å². The second-order valence-electron chi connectivity index (χ2n) is 6.98. The molecular formula is C19H24N2O. The molecule has 22 heavy (non-hydrogen) atoms. The maximum Gasteiger partial charge on any atom is 0.254 e. The quantitative estimate of drug-likeness (QED) is 0.805. The summed E-state index contributed by atoms with van der Waals surface area (Å²) >= 11 is 0. The van der Waals surface area contributed by atoms with Gasteiger partial charge in [-0.15, -0.1) is 0 Å². The predicted octanol–water partition coefficient (Wildman–Crippen LogP) is 3.40. The van der Waals surface area contributed by atoms with E-state index in [2.05, 4.69) is 37.8 Å². The highest BCUT2D eigenvalue weighted by Gasteiger charge is 2.28. The van der Waals surface area contributed by atoms with Crippen molar-refractivity contribution in [1.29, 1.82) is 0 Å². The van der Waals surface area contributed by atoms with Gasteiger partial charge in [0.15, 0.2) is 0 Å². The van der Waals surface area contributed by atoms with E-state index >= 15 is 0 Å². The van der Waals surface area contributed by atoms with Crippen molar-refractivity contribution in [3.63, 3.8) is 0 Å². The first-order chi connectivity index (χ1) is 10.5. The number of benzene rings is 2. The zero-order valence-electron chi connectivity index (χ0n) is 13.7. The lowest BCUT2D eigenvalue weighted by Crippen LogP contribution is -2.54. The van der Waals surface area contributed by atoms with Gasteiger partial charge >= 0.3 is 0 Å². The highest BCUT2D eigenvalue weighted by Crippen LogP contribution is 2.22. The Morgan fingerprint density at radius 3 is 2.23 bits per heavy atom. The Hall–Kier alpha value is -1.87. The van der Waals surface area contributed by atoms with Crippen LogP contribution in [-0.4, -0.2) is 47.4 Å². The summed E-state index contributed by atoms with van der Waals surface area (Å²) in [4.78, 5) is 17.3. The molecule has 0 aromatic heterocycles. The third kappa shape index (κ3) is 2.86. The minimum Gasteiger partial charge on any atom is -0.336 e. The van der Waals surface area contributed by atoms with Gasteiger partial charge in [-0.25, -0.2) is 0 Å². The highest BCUT2D eigenvalue weighted by molar-refractivity contribution is 6.07. The molecule has 3 nitrogen and oxygen atoms in total. The van der Waals surface area contributed by atoms with Crippen LogP contribution in [0.15, 0.2) is 42.5 Å². The van der Waals surface area contributed by atoms with Crippen molar-refractivity contribution in [3.8, 4) is 0 Å². The molecular weight excluding hydrogens is 272 g/mol. The second-order valence-corrected chi connectivity index (χ2v) is 6.98. The molecule has 2 aromatic rings. The molecule has 0 saturated carbocycles. The zero-order valence-corrected chi connectivity index (χ0v) is 13.7. The maximum atomic E-state index is 12.9. The number of carbonyl (C=O) groups is 1. The summed E-state index contributed by atoms with van der Waals surface area (Å²) in [6.45, 7) is 10.2. The summed E-state index contributed by atoms with van der Waals surface area (Å²) in [5, 5.41) is 2.18. The number of piperazine rings is 1. The van der Waals surface area contributed by atoms with Gasteiger partial charge < -0.3 is 4.90 Å². The van der Waals surface area contributed by atoms with Gasteiger partial charge in [0.2, 0.25) is 0 Å². The number of amides is 1. The summed E-state index contributed by atoms with van der Waals surface area (Å²) in [5.74, 6) is 0.158. The number of hydrogen-bond acceptors (Lipinski definition) is 2. The van der Waals surface area contributed by atoms with Gasteiger partial charge in [0, 0.05) is 37.3 Å². The highest BCUT2D eigenvalue weighted by atomic mass is 16.2. The van der Waals surface area contributed by atoms with E-state index in [-0.39, 0.29) is 11.4 Å². The van der Waals surface area contributed by atoms with E-state index in [1.54, 1.807) is 0 Å². The summed E-state index contributed by atoms with van der Waals surface area (Å²) in [6, 6.07) is 14.1. The molecule has 1 fully saturated rings. The van der Waals surface area contributed by atoms with E-state index in [9.17, 15) is 4.79 Å². The lowest BCUT2D eigenvalue weighted by atomic mass is 10.0. The Balaban J connectivity index is 1.80. The van der Waals surface area contributed by atoms with Crippen LogP contribution in [0.2, 0.25) is 0 Å². The molecule has 3 rings (SSSR count). The Morgan fingerprint density at radius 2 is 1.55 bits per heavy atom. The van der Waals surface area contributed by atoms with Crippen LogP contribution in [0.1, 0.15) is 31.1 Å². The molecule has 3 heteroatoms. The van der Waals surface area contributed by atoms with Gasteiger partial charge in [-0.3, -0.25) is 9.69 Å². The molecule has 0 bridgehead atoms. The summed E-state index contributed by atoms with van der Waals surface area (Å²) < 4.78 is 0. The molecule has 1 saturated heterocycles. The van der Waals surface area contributed by atoms with Crippen molar-refractivity contribution in [2.24, 2.45) is 0 Å². The molecule has 2 aromatic carbocycles. The minimum absolute atomic E-state index is 0.158. The molecule has 1 aliphatic rings. The smallest absolute Gasteiger partial charge is 0.254 e. The van der Waals surface area contributed by atoms with Crippen LogP contribution in [0, 0.1) is 0 Å².